The number of methoxy groups -OCH3 is 2. The number of likely N-dealkylation sites (tertiary alicyclic amines) is 2. The van der Waals surface area contributed by atoms with Crippen molar-refractivity contribution in [2.75, 3.05) is 52.3 Å². The van der Waals surface area contributed by atoms with Gasteiger partial charge in [-0.05, 0) is 48.6 Å². The van der Waals surface area contributed by atoms with Crippen LogP contribution in [0.2, 0.25) is 5.02 Å². The first kappa shape index (κ1) is 23.4. The van der Waals surface area contributed by atoms with Crippen LogP contribution < -0.4 is 14.8 Å². The molecule has 176 valence electrons. The fourth-order valence-electron chi connectivity index (χ4n) is 4.74. The highest BCUT2D eigenvalue weighted by atomic mass is 35.5. The average molecular weight is 472 g/mol. The molecule has 7 nitrogen and oxygen atoms in total. The van der Waals surface area contributed by atoms with Gasteiger partial charge in [0, 0.05) is 55.9 Å². The number of carbonyl (C=O) groups is 2. The van der Waals surface area contributed by atoms with E-state index in [1.165, 1.54) is 0 Å². The molecule has 2 aliphatic rings. The SMILES string of the molecule is COc1ccc(C(=O)N2CC3CN(CCC(=O)Nc4ccc(C)c(Cl)c4)CC3C2)c(OC)c1. The first-order valence-corrected chi connectivity index (χ1v) is 11.6. The van der Waals surface area contributed by atoms with E-state index in [4.69, 9.17) is 21.1 Å². The quantitative estimate of drug-likeness (QED) is 0.666. The van der Waals surface area contributed by atoms with Crippen molar-refractivity contribution >= 4 is 29.1 Å². The molecule has 2 aliphatic heterocycles. The maximum atomic E-state index is 13.1. The lowest BCUT2D eigenvalue weighted by atomic mass is 10.0. The third-order valence-corrected chi connectivity index (χ3v) is 7.01. The molecule has 1 N–H and O–H groups in total. The molecule has 2 atom stereocenters. The van der Waals surface area contributed by atoms with Crippen molar-refractivity contribution in [3.05, 3.63) is 52.5 Å². The zero-order valence-corrected chi connectivity index (χ0v) is 20.0. The van der Waals surface area contributed by atoms with Crippen LogP contribution in [0.3, 0.4) is 0 Å². The topological polar surface area (TPSA) is 71.1 Å². The van der Waals surface area contributed by atoms with Gasteiger partial charge in [0.25, 0.3) is 5.91 Å². The van der Waals surface area contributed by atoms with Gasteiger partial charge in [0.2, 0.25) is 5.91 Å². The van der Waals surface area contributed by atoms with Crippen molar-refractivity contribution < 1.29 is 19.1 Å². The summed E-state index contributed by atoms with van der Waals surface area (Å²) >= 11 is 6.14. The molecule has 2 saturated heterocycles. The summed E-state index contributed by atoms with van der Waals surface area (Å²) < 4.78 is 10.6. The van der Waals surface area contributed by atoms with Gasteiger partial charge >= 0.3 is 0 Å². The number of carbonyl (C=O) groups excluding carboxylic acids is 2. The van der Waals surface area contributed by atoms with Crippen molar-refractivity contribution in [3.8, 4) is 11.5 Å². The van der Waals surface area contributed by atoms with Crippen LogP contribution >= 0.6 is 11.6 Å². The molecule has 2 heterocycles. The number of ether oxygens (including phenoxy) is 2. The average Bonchev–Trinajstić information content (AvgIpc) is 3.38. The standard InChI is InChI=1S/C25H30ClN3O4/c1-16-4-5-19(10-22(16)26)27-24(30)8-9-28-12-17-14-29(15-18(17)13-28)25(31)21-7-6-20(32-2)11-23(21)33-3/h4-7,10-11,17-18H,8-9,12-15H2,1-3H3,(H,27,30). The van der Waals surface area contributed by atoms with Crippen LogP contribution in [0.1, 0.15) is 22.3 Å². The minimum atomic E-state index is -0.0182. The van der Waals surface area contributed by atoms with E-state index >= 15 is 0 Å². The van der Waals surface area contributed by atoms with E-state index < -0.39 is 0 Å². The summed E-state index contributed by atoms with van der Waals surface area (Å²) in [6.07, 6.45) is 0.427. The number of aryl methyl sites for hydroxylation is 1. The highest BCUT2D eigenvalue weighted by molar-refractivity contribution is 6.31. The molecular formula is C25H30ClN3O4. The molecule has 0 bridgehead atoms. The van der Waals surface area contributed by atoms with Gasteiger partial charge in [-0.3, -0.25) is 9.59 Å². The van der Waals surface area contributed by atoms with Gasteiger partial charge in [-0.25, -0.2) is 0 Å². The first-order chi connectivity index (χ1) is 15.9. The largest absolute Gasteiger partial charge is 0.497 e. The number of halogens is 1. The molecule has 0 saturated carbocycles. The van der Waals surface area contributed by atoms with Crippen LogP contribution in [0.25, 0.3) is 0 Å². The molecule has 2 fully saturated rings. The van der Waals surface area contributed by atoms with Crippen molar-refractivity contribution in [2.24, 2.45) is 11.8 Å². The van der Waals surface area contributed by atoms with Crippen LogP contribution in [0, 0.1) is 18.8 Å². The smallest absolute Gasteiger partial charge is 0.257 e. The van der Waals surface area contributed by atoms with Crippen molar-refractivity contribution in [1.29, 1.82) is 0 Å². The van der Waals surface area contributed by atoms with Gasteiger partial charge in [0.1, 0.15) is 11.5 Å². The van der Waals surface area contributed by atoms with E-state index in [-0.39, 0.29) is 11.8 Å². The lowest BCUT2D eigenvalue weighted by molar-refractivity contribution is -0.116. The molecule has 8 heteroatoms. The predicted octanol–water partition coefficient (Wildman–Crippen LogP) is 3.70. The van der Waals surface area contributed by atoms with Crippen LogP contribution in [0.5, 0.6) is 11.5 Å². The van der Waals surface area contributed by atoms with Crippen molar-refractivity contribution in [1.82, 2.24) is 9.80 Å². The minimum absolute atomic E-state index is 0.00779. The fourth-order valence-corrected chi connectivity index (χ4v) is 4.92. The lowest BCUT2D eigenvalue weighted by Crippen LogP contribution is -2.34. The van der Waals surface area contributed by atoms with Gasteiger partial charge < -0.3 is 24.6 Å². The fraction of sp³-hybridized carbons (Fsp3) is 0.440. The second-order valence-electron chi connectivity index (χ2n) is 8.82. The number of nitrogens with zero attached hydrogens (tertiary/aromatic N) is 2. The summed E-state index contributed by atoms with van der Waals surface area (Å²) in [5.41, 5.74) is 2.26. The van der Waals surface area contributed by atoms with E-state index in [0.717, 1.165) is 37.4 Å². The van der Waals surface area contributed by atoms with Crippen LogP contribution in [-0.4, -0.2) is 68.6 Å². The predicted molar refractivity (Wildman–Crippen MR) is 128 cm³/mol. The minimum Gasteiger partial charge on any atom is -0.497 e. The summed E-state index contributed by atoms with van der Waals surface area (Å²) in [6, 6.07) is 10.8. The Bertz CT molecular complexity index is 1030. The normalized spacial score (nSPS) is 19.9. The summed E-state index contributed by atoms with van der Waals surface area (Å²) in [5, 5.41) is 3.56. The summed E-state index contributed by atoms with van der Waals surface area (Å²) in [6.45, 7) is 5.89. The number of amides is 2. The van der Waals surface area contributed by atoms with Crippen molar-refractivity contribution in [2.45, 2.75) is 13.3 Å². The Morgan fingerprint density at radius 1 is 1.03 bits per heavy atom. The van der Waals surface area contributed by atoms with Gasteiger partial charge in [0.15, 0.2) is 0 Å². The molecule has 2 unspecified atom stereocenters. The molecule has 0 aromatic heterocycles. The van der Waals surface area contributed by atoms with E-state index in [0.29, 0.717) is 46.9 Å². The Morgan fingerprint density at radius 2 is 1.76 bits per heavy atom. The summed E-state index contributed by atoms with van der Waals surface area (Å²) in [5.74, 6) is 2.02. The molecule has 0 radical (unpaired) electrons. The summed E-state index contributed by atoms with van der Waals surface area (Å²) in [7, 11) is 3.15. The Morgan fingerprint density at radius 3 is 2.39 bits per heavy atom. The van der Waals surface area contributed by atoms with E-state index in [9.17, 15) is 9.59 Å². The summed E-state index contributed by atoms with van der Waals surface area (Å²) in [4.78, 5) is 29.7. The second-order valence-corrected chi connectivity index (χ2v) is 9.23. The molecule has 2 aromatic rings. The van der Waals surface area contributed by atoms with Gasteiger partial charge in [-0.2, -0.15) is 0 Å². The molecule has 0 spiro atoms. The lowest BCUT2D eigenvalue weighted by Gasteiger charge is -2.22. The van der Waals surface area contributed by atoms with Gasteiger partial charge in [-0.1, -0.05) is 17.7 Å². The number of rotatable bonds is 7. The van der Waals surface area contributed by atoms with E-state index in [1.807, 2.05) is 24.0 Å². The number of hydrogen-bond acceptors (Lipinski definition) is 5. The van der Waals surface area contributed by atoms with Crippen LogP contribution in [-0.2, 0) is 4.79 Å². The number of hydrogen-bond donors (Lipinski definition) is 1. The van der Waals surface area contributed by atoms with Crippen LogP contribution in [0.4, 0.5) is 5.69 Å². The molecule has 2 amide bonds. The number of nitrogens with one attached hydrogen (secondary N) is 1. The molecular weight excluding hydrogens is 442 g/mol. The third-order valence-electron chi connectivity index (χ3n) is 6.60. The zero-order chi connectivity index (χ0) is 23.5. The molecule has 2 aromatic carbocycles. The second kappa shape index (κ2) is 10.0. The highest BCUT2D eigenvalue weighted by Crippen LogP contribution is 2.34. The monoisotopic (exact) mass is 471 g/mol. The Labute approximate surface area is 199 Å². The van der Waals surface area contributed by atoms with Crippen LogP contribution in [0.15, 0.2) is 36.4 Å². The number of benzene rings is 2. The Kier molecular flexibility index (Phi) is 7.10. The van der Waals surface area contributed by atoms with Gasteiger partial charge in [-0.15, -0.1) is 0 Å². The van der Waals surface area contributed by atoms with E-state index in [2.05, 4.69) is 10.2 Å². The Hall–Kier alpha value is -2.77. The molecule has 0 aliphatic carbocycles. The Balaban J connectivity index is 1.27. The van der Waals surface area contributed by atoms with Crippen molar-refractivity contribution in [3.63, 3.8) is 0 Å². The maximum Gasteiger partial charge on any atom is 0.257 e. The first-order valence-electron chi connectivity index (χ1n) is 11.2. The number of anilines is 1. The van der Waals surface area contributed by atoms with Gasteiger partial charge in [0.05, 0.1) is 19.8 Å². The molecule has 4 rings (SSSR count). The third kappa shape index (κ3) is 5.25. The highest BCUT2D eigenvalue weighted by Gasteiger charge is 2.42. The molecule has 33 heavy (non-hydrogen) atoms. The zero-order valence-electron chi connectivity index (χ0n) is 19.3. The van der Waals surface area contributed by atoms with E-state index in [1.54, 1.807) is 38.5 Å². The maximum absolute atomic E-state index is 13.1. The number of fused-ring (bicyclic) bond motifs is 1.